The van der Waals surface area contributed by atoms with Crippen LogP contribution in [-0.4, -0.2) is 61.7 Å². The van der Waals surface area contributed by atoms with Gasteiger partial charge in [0, 0.05) is 38.8 Å². The molecule has 2 saturated heterocycles. The molecule has 1 unspecified atom stereocenters. The summed E-state index contributed by atoms with van der Waals surface area (Å²) in [6.45, 7) is 11.2. The summed E-state index contributed by atoms with van der Waals surface area (Å²) in [6, 6.07) is 0.769. The molecule has 3 nitrogen and oxygen atoms in total. The molecule has 1 N–H and O–H groups in total. The first kappa shape index (κ1) is 13.3. The van der Waals surface area contributed by atoms with Gasteiger partial charge in [0.15, 0.2) is 0 Å². The summed E-state index contributed by atoms with van der Waals surface area (Å²) in [5, 5.41) is 3.66. The number of hydrogen-bond acceptors (Lipinski definition) is 3. The van der Waals surface area contributed by atoms with Crippen LogP contribution >= 0.6 is 0 Å². The average Bonchev–Trinajstić information content (AvgIpc) is 2.39. The first-order valence-electron chi connectivity index (χ1n) is 7.56. The van der Waals surface area contributed by atoms with Crippen molar-refractivity contribution in [2.45, 2.75) is 45.1 Å². The van der Waals surface area contributed by atoms with Crippen LogP contribution in [0.3, 0.4) is 0 Å². The van der Waals surface area contributed by atoms with Gasteiger partial charge in [-0.2, -0.15) is 0 Å². The molecule has 2 aliphatic heterocycles. The molecule has 0 aromatic carbocycles. The maximum atomic E-state index is 3.66. The van der Waals surface area contributed by atoms with Crippen LogP contribution in [0.15, 0.2) is 0 Å². The van der Waals surface area contributed by atoms with E-state index < -0.39 is 0 Å². The van der Waals surface area contributed by atoms with Crippen molar-refractivity contribution in [2.24, 2.45) is 0 Å². The minimum absolute atomic E-state index is 0.769. The van der Waals surface area contributed by atoms with Crippen LogP contribution in [0.4, 0.5) is 0 Å². The minimum atomic E-state index is 0.769. The summed E-state index contributed by atoms with van der Waals surface area (Å²) in [7, 11) is 0. The summed E-state index contributed by atoms with van der Waals surface area (Å²) >= 11 is 0. The van der Waals surface area contributed by atoms with E-state index in [1.807, 2.05) is 0 Å². The Morgan fingerprint density at radius 1 is 1.06 bits per heavy atom. The lowest BCUT2D eigenvalue weighted by atomic mass is 10.0. The molecule has 0 bridgehead atoms. The molecular weight excluding hydrogens is 210 g/mol. The van der Waals surface area contributed by atoms with Gasteiger partial charge in [0.1, 0.15) is 0 Å². The highest BCUT2D eigenvalue weighted by Gasteiger charge is 2.20. The average molecular weight is 239 g/mol. The van der Waals surface area contributed by atoms with E-state index in [9.17, 15) is 0 Å². The molecule has 0 aromatic rings. The van der Waals surface area contributed by atoms with E-state index in [0.29, 0.717) is 0 Å². The van der Waals surface area contributed by atoms with Gasteiger partial charge < -0.3 is 10.2 Å². The first-order chi connectivity index (χ1) is 8.38. The van der Waals surface area contributed by atoms with E-state index in [-0.39, 0.29) is 0 Å². The van der Waals surface area contributed by atoms with Gasteiger partial charge in [-0.25, -0.2) is 0 Å². The zero-order chi connectivity index (χ0) is 11.9. The number of nitrogens with one attached hydrogen (secondary N) is 1. The quantitative estimate of drug-likeness (QED) is 0.785. The van der Waals surface area contributed by atoms with Gasteiger partial charge >= 0.3 is 0 Å². The van der Waals surface area contributed by atoms with Crippen molar-refractivity contribution >= 4 is 0 Å². The molecule has 0 spiro atoms. The second-order valence-electron chi connectivity index (χ2n) is 5.64. The predicted octanol–water partition coefficient (Wildman–Crippen LogP) is 1.55. The lowest BCUT2D eigenvalue weighted by Gasteiger charge is -2.37. The second-order valence-corrected chi connectivity index (χ2v) is 5.64. The van der Waals surface area contributed by atoms with Crippen LogP contribution in [0, 0.1) is 0 Å². The molecule has 1 atom stereocenters. The smallest absolute Gasteiger partial charge is 0.0195 e. The van der Waals surface area contributed by atoms with Crippen molar-refractivity contribution < 1.29 is 0 Å². The Hall–Kier alpha value is -0.120. The molecule has 2 aliphatic rings. The van der Waals surface area contributed by atoms with Gasteiger partial charge in [-0.3, -0.25) is 4.90 Å². The van der Waals surface area contributed by atoms with Crippen LogP contribution in [0.5, 0.6) is 0 Å². The van der Waals surface area contributed by atoms with Crippen molar-refractivity contribution in [3.63, 3.8) is 0 Å². The third-order valence-electron chi connectivity index (χ3n) is 4.18. The molecule has 17 heavy (non-hydrogen) atoms. The van der Waals surface area contributed by atoms with Crippen molar-refractivity contribution in [2.75, 3.05) is 45.8 Å². The van der Waals surface area contributed by atoms with Crippen molar-refractivity contribution in [1.82, 2.24) is 15.1 Å². The third-order valence-corrected chi connectivity index (χ3v) is 4.18. The number of hydrogen-bond donors (Lipinski definition) is 1. The Morgan fingerprint density at radius 2 is 1.82 bits per heavy atom. The highest BCUT2D eigenvalue weighted by Crippen LogP contribution is 2.10. The zero-order valence-corrected chi connectivity index (χ0v) is 11.5. The number of piperidine rings is 1. The maximum Gasteiger partial charge on any atom is 0.0195 e. The van der Waals surface area contributed by atoms with Crippen molar-refractivity contribution in [3.8, 4) is 0 Å². The Morgan fingerprint density at radius 3 is 2.47 bits per heavy atom. The van der Waals surface area contributed by atoms with E-state index in [4.69, 9.17) is 0 Å². The Kier molecular flexibility index (Phi) is 5.75. The Balaban J connectivity index is 1.61. The van der Waals surface area contributed by atoms with Crippen LogP contribution in [0.25, 0.3) is 0 Å². The van der Waals surface area contributed by atoms with E-state index in [1.165, 1.54) is 77.9 Å². The molecule has 0 saturated carbocycles. The Bertz CT molecular complexity index is 194. The summed E-state index contributed by atoms with van der Waals surface area (Å²) in [5.74, 6) is 0. The fraction of sp³-hybridized carbons (Fsp3) is 1.00. The topological polar surface area (TPSA) is 18.5 Å². The minimum Gasteiger partial charge on any atom is -0.313 e. The molecule has 0 aromatic heterocycles. The number of unbranched alkanes of at least 4 members (excludes halogenated alkanes) is 1. The molecule has 3 heteroatoms. The maximum absolute atomic E-state index is 3.66. The predicted molar refractivity (Wildman–Crippen MR) is 73.4 cm³/mol. The summed E-state index contributed by atoms with van der Waals surface area (Å²) < 4.78 is 0. The second kappa shape index (κ2) is 7.34. The van der Waals surface area contributed by atoms with Crippen LogP contribution in [0.1, 0.15) is 39.0 Å². The number of piperazine rings is 1. The van der Waals surface area contributed by atoms with Gasteiger partial charge in [0.05, 0.1) is 0 Å². The standard InChI is InChI=1S/C14H29N3/c1-2-3-8-16-9-11-17(12-10-16)13-14-6-4-5-7-15-14/h14-15H,2-13H2,1H3. The fourth-order valence-corrected chi connectivity index (χ4v) is 2.97. The number of nitrogens with zero attached hydrogens (tertiary/aromatic N) is 2. The van der Waals surface area contributed by atoms with Crippen LogP contribution in [-0.2, 0) is 0 Å². The highest BCUT2D eigenvalue weighted by molar-refractivity contribution is 4.79. The lowest BCUT2D eigenvalue weighted by Crippen LogP contribution is -2.51. The van der Waals surface area contributed by atoms with E-state index >= 15 is 0 Å². The first-order valence-corrected chi connectivity index (χ1v) is 7.56. The van der Waals surface area contributed by atoms with Crippen LogP contribution in [0.2, 0.25) is 0 Å². The normalized spacial score (nSPS) is 28.4. The Labute approximate surface area is 107 Å². The molecule has 2 rings (SSSR count). The molecule has 2 fully saturated rings. The SMILES string of the molecule is CCCCN1CCN(CC2CCCCN2)CC1. The van der Waals surface area contributed by atoms with Gasteiger partial charge in [0.25, 0.3) is 0 Å². The largest absolute Gasteiger partial charge is 0.313 e. The van der Waals surface area contributed by atoms with Gasteiger partial charge in [-0.05, 0) is 32.4 Å². The van der Waals surface area contributed by atoms with E-state index in [2.05, 4.69) is 22.0 Å². The summed E-state index contributed by atoms with van der Waals surface area (Å²) in [5.41, 5.74) is 0. The van der Waals surface area contributed by atoms with E-state index in [1.54, 1.807) is 0 Å². The monoisotopic (exact) mass is 239 g/mol. The van der Waals surface area contributed by atoms with Gasteiger partial charge in [-0.1, -0.05) is 19.8 Å². The van der Waals surface area contributed by atoms with Crippen molar-refractivity contribution in [1.29, 1.82) is 0 Å². The summed E-state index contributed by atoms with van der Waals surface area (Å²) in [4.78, 5) is 5.29. The van der Waals surface area contributed by atoms with Crippen LogP contribution < -0.4 is 5.32 Å². The molecule has 0 amide bonds. The number of rotatable bonds is 5. The molecular formula is C14H29N3. The molecule has 100 valence electrons. The molecule has 2 heterocycles. The fourth-order valence-electron chi connectivity index (χ4n) is 2.97. The molecule has 0 aliphatic carbocycles. The third kappa shape index (κ3) is 4.57. The van der Waals surface area contributed by atoms with Gasteiger partial charge in [0.2, 0.25) is 0 Å². The molecule has 0 radical (unpaired) electrons. The lowest BCUT2D eigenvalue weighted by molar-refractivity contribution is 0.118. The zero-order valence-electron chi connectivity index (χ0n) is 11.5. The highest BCUT2D eigenvalue weighted by atomic mass is 15.3. The van der Waals surface area contributed by atoms with E-state index in [0.717, 1.165) is 6.04 Å². The summed E-state index contributed by atoms with van der Waals surface area (Å²) in [6.07, 6.45) is 6.88. The van der Waals surface area contributed by atoms with Gasteiger partial charge in [-0.15, -0.1) is 0 Å². The van der Waals surface area contributed by atoms with Crippen molar-refractivity contribution in [3.05, 3.63) is 0 Å².